The maximum absolute atomic E-state index is 10.2. The van der Waals surface area contributed by atoms with Crippen molar-refractivity contribution in [2.45, 2.75) is 25.8 Å². The summed E-state index contributed by atoms with van der Waals surface area (Å²) in [6, 6.07) is -0.876. The average molecular weight is 177 g/mol. The molecular formula is C7H15NO4. The Kier molecular flexibility index (Phi) is 5.57. The molecule has 0 rings (SSSR count). The molecule has 0 heterocycles. The Hall–Kier alpha value is -0.680. The quantitative estimate of drug-likeness (QED) is 0.443. The smallest absolute Gasteiger partial charge is 0.235 e. The van der Waals surface area contributed by atoms with E-state index in [4.69, 9.17) is 10.2 Å². The van der Waals surface area contributed by atoms with Crippen molar-refractivity contribution in [3.8, 4) is 0 Å². The van der Waals surface area contributed by atoms with E-state index in [0.29, 0.717) is 12.8 Å². The van der Waals surface area contributed by atoms with Crippen molar-refractivity contribution in [3.05, 3.63) is 10.1 Å². The highest BCUT2D eigenvalue weighted by Gasteiger charge is 2.18. The molecule has 72 valence electrons. The Morgan fingerprint density at radius 2 is 1.92 bits per heavy atom. The minimum Gasteiger partial charge on any atom is -0.396 e. The van der Waals surface area contributed by atoms with E-state index in [9.17, 15) is 10.1 Å². The van der Waals surface area contributed by atoms with Crippen molar-refractivity contribution in [3.63, 3.8) is 0 Å². The molecule has 0 aromatic carbocycles. The van der Waals surface area contributed by atoms with Gasteiger partial charge in [0, 0.05) is 18.0 Å². The summed E-state index contributed by atoms with van der Waals surface area (Å²) in [5.74, 6) is 0.0685. The minimum absolute atomic E-state index is 0.0376. The van der Waals surface area contributed by atoms with E-state index >= 15 is 0 Å². The summed E-state index contributed by atoms with van der Waals surface area (Å²) in [7, 11) is 0. The van der Waals surface area contributed by atoms with E-state index in [1.807, 2.05) is 6.92 Å². The molecule has 12 heavy (non-hydrogen) atoms. The molecule has 0 bridgehead atoms. The molecule has 2 unspecified atom stereocenters. The molecule has 0 saturated heterocycles. The van der Waals surface area contributed by atoms with E-state index < -0.39 is 17.6 Å². The zero-order chi connectivity index (χ0) is 9.56. The number of nitro groups is 1. The number of hydrogen-bond acceptors (Lipinski definition) is 4. The van der Waals surface area contributed by atoms with E-state index in [1.54, 1.807) is 0 Å². The van der Waals surface area contributed by atoms with Gasteiger partial charge < -0.3 is 10.2 Å². The summed E-state index contributed by atoms with van der Waals surface area (Å²) in [4.78, 5) is 9.73. The number of aliphatic hydroxyl groups excluding tert-OH is 2. The van der Waals surface area contributed by atoms with Gasteiger partial charge >= 0.3 is 0 Å². The van der Waals surface area contributed by atoms with Gasteiger partial charge in [0.2, 0.25) is 6.04 Å². The third-order valence-corrected chi connectivity index (χ3v) is 1.81. The Morgan fingerprint density at radius 1 is 1.33 bits per heavy atom. The van der Waals surface area contributed by atoms with Crippen LogP contribution in [0.5, 0.6) is 0 Å². The molecule has 0 saturated carbocycles. The van der Waals surface area contributed by atoms with Crippen LogP contribution in [0.2, 0.25) is 0 Å². The lowest BCUT2D eigenvalue weighted by Crippen LogP contribution is -2.24. The van der Waals surface area contributed by atoms with Crippen LogP contribution in [0, 0.1) is 16.0 Å². The van der Waals surface area contributed by atoms with Gasteiger partial charge in [0.25, 0.3) is 0 Å². The fourth-order valence-electron chi connectivity index (χ4n) is 0.832. The fraction of sp³-hybridized carbons (Fsp3) is 1.00. The first-order chi connectivity index (χ1) is 5.61. The Morgan fingerprint density at radius 3 is 2.25 bits per heavy atom. The van der Waals surface area contributed by atoms with Crippen LogP contribution < -0.4 is 0 Å². The zero-order valence-corrected chi connectivity index (χ0v) is 7.14. The summed E-state index contributed by atoms with van der Waals surface area (Å²) in [6.45, 7) is 1.43. The summed E-state index contributed by atoms with van der Waals surface area (Å²) < 4.78 is 0. The van der Waals surface area contributed by atoms with Gasteiger partial charge in [0.05, 0.1) is 0 Å². The van der Waals surface area contributed by atoms with Crippen molar-refractivity contribution in [2.24, 2.45) is 5.92 Å². The molecule has 0 aliphatic carbocycles. The lowest BCUT2D eigenvalue weighted by Gasteiger charge is -2.09. The van der Waals surface area contributed by atoms with Crippen LogP contribution >= 0.6 is 0 Å². The Labute approximate surface area is 71.2 Å². The molecule has 5 nitrogen and oxygen atoms in total. The van der Waals surface area contributed by atoms with Crippen LogP contribution in [-0.4, -0.2) is 34.4 Å². The number of aliphatic hydroxyl groups is 2. The molecule has 0 fully saturated rings. The molecule has 0 aliphatic heterocycles. The van der Waals surface area contributed by atoms with Gasteiger partial charge in [0.15, 0.2) is 0 Å². The van der Waals surface area contributed by atoms with Crippen LogP contribution in [0.3, 0.4) is 0 Å². The third kappa shape index (κ3) is 4.25. The van der Waals surface area contributed by atoms with Crippen molar-refractivity contribution >= 4 is 0 Å². The van der Waals surface area contributed by atoms with Crippen LogP contribution in [0.15, 0.2) is 0 Å². The van der Waals surface area contributed by atoms with Gasteiger partial charge in [-0.25, -0.2) is 0 Å². The van der Waals surface area contributed by atoms with E-state index in [2.05, 4.69) is 0 Å². The fourth-order valence-corrected chi connectivity index (χ4v) is 0.832. The van der Waals surface area contributed by atoms with Crippen molar-refractivity contribution in [1.29, 1.82) is 0 Å². The molecule has 2 atom stereocenters. The summed E-state index contributed by atoms with van der Waals surface area (Å²) in [5.41, 5.74) is 0. The van der Waals surface area contributed by atoms with Crippen LogP contribution in [0.25, 0.3) is 0 Å². The van der Waals surface area contributed by atoms with Gasteiger partial charge in [-0.15, -0.1) is 0 Å². The van der Waals surface area contributed by atoms with Gasteiger partial charge in [-0.05, 0) is 12.3 Å². The molecule has 0 aromatic rings. The van der Waals surface area contributed by atoms with Crippen molar-refractivity contribution in [2.75, 3.05) is 13.2 Å². The van der Waals surface area contributed by atoms with Crippen molar-refractivity contribution in [1.82, 2.24) is 0 Å². The van der Waals surface area contributed by atoms with Crippen LogP contribution in [-0.2, 0) is 0 Å². The lowest BCUT2D eigenvalue weighted by molar-refractivity contribution is -0.526. The Bertz CT molecular complexity index is 139. The SMILES string of the molecule is CC(CO)CCC(CO)[N+](=O)[O-]. The maximum atomic E-state index is 10.2. The van der Waals surface area contributed by atoms with E-state index in [0.717, 1.165) is 0 Å². The number of hydrogen-bond donors (Lipinski definition) is 2. The zero-order valence-electron chi connectivity index (χ0n) is 7.14. The second kappa shape index (κ2) is 5.91. The van der Waals surface area contributed by atoms with Crippen LogP contribution in [0.1, 0.15) is 19.8 Å². The number of nitrogens with zero attached hydrogens (tertiary/aromatic N) is 1. The summed E-state index contributed by atoms with van der Waals surface area (Å²) in [6.07, 6.45) is 0.897. The summed E-state index contributed by atoms with van der Waals surface area (Å²) in [5, 5.41) is 27.4. The highest BCUT2D eigenvalue weighted by molar-refractivity contribution is 4.58. The average Bonchev–Trinajstić information content (AvgIpc) is 2.04. The van der Waals surface area contributed by atoms with E-state index in [-0.39, 0.29) is 12.5 Å². The minimum atomic E-state index is -0.876. The first-order valence-electron chi connectivity index (χ1n) is 3.97. The predicted octanol–water partition coefficient (Wildman–Crippen LogP) is 0.0326. The first kappa shape index (κ1) is 11.3. The molecule has 5 heteroatoms. The summed E-state index contributed by atoms with van der Waals surface area (Å²) >= 11 is 0. The standard InChI is InChI=1S/C7H15NO4/c1-6(4-9)2-3-7(5-10)8(11)12/h6-7,9-10H,2-5H2,1H3. The van der Waals surface area contributed by atoms with E-state index in [1.165, 1.54) is 0 Å². The third-order valence-electron chi connectivity index (χ3n) is 1.81. The second-order valence-corrected chi connectivity index (χ2v) is 2.99. The van der Waals surface area contributed by atoms with Gasteiger partial charge in [-0.2, -0.15) is 0 Å². The monoisotopic (exact) mass is 177 g/mol. The highest BCUT2D eigenvalue weighted by atomic mass is 16.6. The van der Waals surface area contributed by atoms with Gasteiger partial charge in [-0.3, -0.25) is 10.1 Å². The molecule has 0 amide bonds. The van der Waals surface area contributed by atoms with Crippen molar-refractivity contribution < 1.29 is 15.1 Å². The predicted molar refractivity (Wildman–Crippen MR) is 43.4 cm³/mol. The molecule has 0 aliphatic rings. The largest absolute Gasteiger partial charge is 0.396 e. The molecular weight excluding hydrogens is 162 g/mol. The topological polar surface area (TPSA) is 83.6 Å². The molecule has 0 spiro atoms. The molecule has 0 aromatic heterocycles. The Balaban J connectivity index is 3.65. The van der Waals surface area contributed by atoms with Crippen LogP contribution in [0.4, 0.5) is 0 Å². The second-order valence-electron chi connectivity index (χ2n) is 2.99. The van der Waals surface area contributed by atoms with Gasteiger partial charge in [-0.1, -0.05) is 6.92 Å². The normalized spacial score (nSPS) is 15.6. The highest BCUT2D eigenvalue weighted by Crippen LogP contribution is 2.08. The maximum Gasteiger partial charge on any atom is 0.235 e. The molecule has 2 N–H and O–H groups in total. The number of rotatable bonds is 6. The molecule has 0 radical (unpaired) electrons. The lowest BCUT2D eigenvalue weighted by atomic mass is 10.0. The first-order valence-corrected chi connectivity index (χ1v) is 3.97. The van der Waals surface area contributed by atoms with Gasteiger partial charge in [0.1, 0.15) is 6.61 Å².